The lowest BCUT2D eigenvalue weighted by Crippen LogP contribution is -1.99. The second-order valence-corrected chi connectivity index (χ2v) is 7.55. The number of ether oxygens (including phenoxy) is 4. The second kappa shape index (κ2) is 8.93. The van der Waals surface area contributed by atoms with Gasteiger partial charge in [-0.3, -0.25) is 4.79 Å². The van der Waals surface area contributed by atoms with Crippen molar-refractivity contribution in [3.63, 3.8) is 0 Å². The van der Waals surface area contributed by atoms with Crippen LogP contribution in [-0.2, 0) is 6.61 Å². The van der Waals surface area contributed by atoms with Gasteiger partial charge in [0.1, 0.15) is 23.9 Å². The summed E-state index contributed by atoms with van der Waals surface area (Å²) < 4.78 is 35.6. The predicted molar refractivity (Wildman–Crippen MR) is 119 cm³/mol. The molecular formula is C25H20ClFO5. The van der Waals surface area contributed by atoms with Crippen LogP contribution in [0.1, 0.15) is 27.0 Å². The van der Waals surface area contributed by atoms with Crippen molar-refractivity contribution in [1.29, 1.82) is 0 Å². The Balaban J connectivity index is 1.57. The molecule has 4 rings (SSSR count). The fraction of sp³-hybridized carbons (Fsp3) is 0.160. The molecule has 3 aromatic carbocycles. The number of ketones is 1. The molecule has 0 N–H and O–H groups in total. The van der Waals surface area contributed by atoms with Crippen LogP contribution in [0.3, 0.4) is 0 Å². The molecule has 7 heteroatoms. The van der Waals surface area contributed by atoms with Gasteiger partial charge in [-0.15, -0.1) is 0 Å². The normalized spacial score (nSPS) is 13.7. The maximum absolute atomic E-state index is 13.2. The maximum atomic E-state index is 13.2. The van der Waals surface area contributed by atoms with E-state index in [9.17, 15) is 9.18 Å². The SMILES string of the molecule is COc1ccc(/C=C2\Oc3c(ccc(OCc4ccc(F)cc4Cl)c3C)C2=O)cc1OC. The van der Waals surface area contributed by atoms with Gasteiger partial charge in [-0.05, 0) is 55.0 Å². The molecule has 0 spiro atoms. The van der Waals surface area contributed by atoms with Gasteiger partial charge in [-0.2, -0.15) is 0 Å². The summed E-state index contributed by atoms with van der Waals surface area (Å²) in [6, 6.07) is 12.9. The van der Waals surface area contributed by atoms with E-state index in [1.165, 1.54) is 12.1 Å². The zero-order valence-electron chi connectivity index (χ0n) is 17.7. The van der Waals surface area contributed by atoms with Crippen LogP contribution in [0.5, 0.6) is 23.0 Å². The molecule has 0 atom stereocenters. The third-order valence-corrected chi connectivity index (χ3v) is 5.49. The smallest absolute Gasteiger partial charge is 0.231 e. The standard InChI is InChI=1S/C25H20ClFO5/c1-14-20(31-13-16-5-6-17(27)12-19(16)26)9-7-18-24(28)23(32-25(14)18)11-15-4-8-21(29-2)22(10-15)30-3/h4-12H,13H2,1-3H3/b23-11-. The van der Waals surface area contributed by atoms with E-state index in [4.69, 9.17) is 30.5 Å². The summed E-state index contributed by atoms with van der Waals surface area (Å²) >= 11 is 6.07. The number of benzene rings is 3. The third kappa shape index (κ3) is 4.14. The van der Waals surface area contributed by atoms with E-state index < -0.39 is 5.82 Å². The minimum atomic E-state index is -0.409. The van der Waals surface area contributed by atoms with Gasteiger partial charge >= 0.3 is 0 Å². The van der Waals surface area contributed by atoms with Crippen LogP contribution in [0.25, 0.3) is 6.08 Å². The van der Waals surface area contributed by atoms with E-state index in [0.717, 1.165) is 5.56 Å². The molecule has 0 fully saturated rings. The topological polar surface area (TPSA) is 54.0 Å². The number of Topliss-reactive ketones (excluding diaryl/α,β-unsaturated/α-hetero) is 1. The van der Waals surface area contributed by atoms with Crippen LogP contribution >= 0.6 is 11.6 Å². The van der Waals surface area contributed by atoms with Gasteiger partial charge in [0.2, 0.25) is 5.78 Å². The Hall–Kier alpha value is -3.51. The fourth-order valence-corrected chi connectivity index (χ4v) is 3.63. The van der Waals surface area contributed by atoms with Gasteiger partial charge in [0.25, 0.3) is 0 Å². The lowest BCUT2D eigenvalue weighted by Gasteiger charge is -2.12. The van der Waals surface area contributed by atoms with E-state index in [1.54, 1.807) is 50.6 Å². The van der Waals surface area contributed by atoms with Crippen molar-refractivity contribution < 1.29 is 28.1 Å². The number of methoxy groups -OCH3 is 2. The highest BCUT2D eigenvalue weighted by molar-refractivity contribution is 6.31. The van der Waals surface area contributed by atoms with E-state index in [-0.39, 0.29) is 23.2 Å². The first kappa shape index (κ1) is 21.7. The highest BCUT2D eigenvalue weighted by Crippen LogP contribution is 2.40. The molecule has 32 heavy (non-hydrogen) atoms. The van der Waals surface area contributed by atoms with Crippen LogP contribution in [-0.4, -0.2) is 20.0 Å². The molecular weight excluding hydrogens is 435 g/mol. The number of hydrogen-bond donors (Lipinski definition) is 0. The number of halogens is 2. The zero-order valence-corrected chi connectivity index (χ0v) is 18.5. The van der Waals surface area contributed by atoms with Crippen molar-refractivity contribution in [3.05, 3.63) is 87.4 Å². The van der Waals surface area contributed by atoms with Crippen LogP contribution in [0.15, 0.2) is 54.3 Å². The number of fused-ring (bicyclic) bond motifs is 1. The lowest BCUT2D eigenvalue weighted by atomic mass is 10.1. The second-order valence-electron chi connectivity index (χ2n) is 7.14. The molecule has 164 valence electrons. The Kier molecular flexibility index (Phi) is 6.06. The molecule has 0 saturated carbocycles. The average molecular weight is 455 g/mol. The van der Waals surface area contributed by atoms with Gasteiger partial charge in [0.15, 0.2) is 17.3 Å². The minimum absolute atomic E-state index is 0.154. The first-order valence-electron chi connectivity index (χ1n) is 9.78. The number of rotatable bonds is 6. The Morgan fingerprint density at radius 1 is 1.00 bits per heavy atom. The predicted octanol–water partition coefficient (Wildman–Crippen LogP) is 6.00. The summed E-state index contributed by atoms with van der Waals surface area (Å²) in [4.78, 5) is 12.9. The maximum Gasteiger partial charge on any atom is 0.231 e. The van der Waals surface area contributed by atoms with Crippen LogP contribution in [0.2, 0.25) is 5.02 Å². The number of hydrogen-bond acceptors (Lipinski definition) is 5. The molecule has 0 unspecified atom stereocenters. The highest BCUT2D eigenvalue weighted by atomic mass is 35.5. The molecule has 1 heterocycles. The Labute approximate surface area is 189 Å². The van der Waals surface area contributed by atoms with Crippen molar-refractivity contribution in [2.24, 2.45) is 0 Å². The summed E-state index contributed by atoms with van der Waals surface area (Å²) in [5.41, 5.74) is 2.53. The third-order valence-electron chi connectivity index (χ3n) is 5.14. The van der Waals surface area contributed by atoms with E-state index >= 15 is 0 Å². The lowest BCUT2D eigenvalue weighted by molar-refractivity contribution is 0.101. The highest BCUT2D eigenvalue weighted by Gasteiger charge is 2.30. The minimum Gasteiger partial charge on any atom is -0.493 e. The van der Waals surface area contributed by atoms with Gasteiger partial charge in [0.05, 0.1) is 24.8 Å². The fourth-order valence-electron chi connectivity index (χ4n) is 3.41. The summed E-state index contributed by atoms with van der Waals surface area (Å²) in [5, 5.41) is 0.287. The van der Waals surface area contributed by atoms with Crippen molar-refractivity contribution in [1.82, 2.24) is 0 Å². The first-order valence-corrected chi connectivity index (χ1v) is 10.2. The Bertz CT molecular complexity index is 1240. The number of carbonyl (C=O) groups is 1. The monoisotopic (exact) mass is 454 g/mol. The molecule has 0 radical (unpaired) electrons. The Morgan fingerprint density at radius 2 is 1.75 bits per heavy atom. The quantitative estimate of drug-likeness (QED) is 0.427. The van der Waals surface area contributed by atoms with Crippen LogP contribution in [0.4, 0.5) is 4.39 Å². The van der Waals surface area contributed by atoms with Crippen molar-refractivity contribution >= 4 is 23.5 Å². The molecule has 0 aliphatic carbocycles. The largest absolute Gasteiger partial charge is 0.493 e. The van der Waals surface area contributed by atoms with E-state index in [1.807, 2.05) is 13.0 Å². The van der Waals surface area contributed by atoms with Crippen LogP contribution in [0, 0.1) is 12.7 Å². The molecule has 1 aliphatic rings. The van der Waals surface area contributed by atoms with Gasteiger partial charge in [0, 0.05) is 11.1 Å². The van der Waals surface area contributed by atoms with Crippen molar-refractivity contribution in [3.8, 4) is 23.0 Å². The van der Waals surface area contributed by atoms with Gasteiger partial charge < -0.3 is 18.9 Å². The Morgan fingerprint density at radius 3 is 2.47 bits per heavy atom. The average Bonchev–Trinajstić information content (AvgIpc) is 3.10. The molecule has 0 aromatic heterocycles. The molecule has 5 nitrogen and oxygen atoms in total. The molecule has 0 bridgehead atoms. The van der Waals surface area contributed by atoms with E-state index in [2.05, 4.69) is 0 Å². The van der Waals surface area contributed by atoms with Crippen molar-refractivity contribution in [2.75, 3.05) is 14.2 Å². The molecule has 1 aliphatic heterocycles. The molecule has 0 amide bonds. The summed E-state index contributed by atoms with van der Waals surface area (Å²) in [6.07, 6.45) is 1.66. The van der Waals surface area contributed by atoms with Gasteiger partial charge in [-0.1, -0.05) is 23.7 Å². The number of allylic oxidation sites excluding steroid dienone is 1. The van der Waals surface area contributed by atoms with Gasteiger partial charge in [-0.25, -0.2) is 4.39 Å². The summed E-state index contributed by atoms with van der Waals surface area (Å²) in [7, 11) is 3.11. The van der Waals surface area contributed by atoms with Crippen molar-refractivity contribution in [2.45, 2.75) is 13.5 Å². The first-order chi connectivity index (χ1) is 15.4. The zero-order chi connectivity index (χ0) is 22.8. The van der Waals surface area contributed by atoms with E-state index in [0.29, 0.717) is 39.7 Å². The molecule has 3 aromatic rings. The van der Waals surface area contributed by atoms with Crippen LogP contribution < -0.4 is 18.9 Å². The summed E-state index contributed by atoms with van der Waals surface area (Å²) in [6.45, 7) is 1.97. The molecule has 0 saturated heterocycles. The summed E-state index contributed by atoms with van der Waals surface area (Å²) in [5.74, 6) is 1.72. The number of carbonyl (C=O) groups excluding carboxylic acids is 1.